The highest BCUT2D eigenvalue weighted by Crippen LogP contribution is 2.24. The van der Waals surface area contributed by atoms with Crippen molar-refractivity contribution < 1.29 is 9.53 Å². The van der Waals surface area contributed by atoms with E-state index in [1.165, 1.54) is 5.56 Å². The molecule has 3 aromatic rings. The van der Waals surface area contributed by atoms with E-state index in [1.807, 2.05) is 72.8 Å². The van der Waals surface area contributed by atoms with Crippen LogP contribution in [-0.2, 0) is 11.3 Å². The van der Waals surface area contributed by atoms with Crippen molar-refractivity contribution in [2.24, 2.45) is 5.92 Å². The van der Waals surface area contributed by atoms with Crippen molar-refractivity contribution in [3.63, 3.8) is 0 Å². The third kappa shape index (κ3) is 5.62. The average Bonchev–Trinajstić information content (AvgIpc) is 2.76. The minimum atomic E-state index is -0.0156. The van der Waals surface area contributed by atoms with Gasteiger partial charge in [0.25, 0.3) is 0 Å². The lowest BCUT2D eigenvalue weighted by Gasteiger charge is -2.32. The second-order valence-electron chi connectivity index (χ2n) is 7.63. The molecule has 1 fully saturated rings. The molecule has 0 spiro atoms. The molecule has 1 N–H and O–H groups in total. The summed E-state index contributed by atoms with van der Waals surface area (Å²) in [5, 5.41) is 3.80. The molecule has 1 amide bonds. The average molecular weight is 421 g/mol. The van der Waals surface area contributed by atoms with Gasteiger partial charge in [0, 0.05) is 23.8 Å². The number of hydrogen-bond acceptors (Lipinski definition) is 3. The van der Waals surface area contributed by atoms with Crippen molar-refractivity contribution in [2.75, 3.05) is 18.4 Å². The van der Waals surface area contributed by atoms with Crippen LogP contribution in [0.1, 0.15) is 18.4 Å². The summed E-state index contributed by atoms with van der Waals surface area (Å²) in [5.74, 6) is 1.58. The predicted octanol–water partition coefficient (Wildman–Crippen LogP) is 5.98. The fourth-order valence-electron chi connectivity index (χ4n) is 3.78. The topological polar surface area (TPSA) is 41.6 Å². The number of nitrogens with zero attached hydrogens (tertiary/aromatic N) is 1. The molecule has 1 aliphatic heterocycles. The van der Waals surface area contributed by atoms with Gasteiger partial charge in [0.15, 0.2) is 0 Å². The maximum absolute atomic E-state index is 12.8. The normalized spacial score (nSPS) is 16.8. The Labute approximate surface area is 182 Å². The van der Waals surface area contributed by atoms with E-state index in [9.17, 15) is 4.79 Å². The standard InChI is InChI=1S/C25H25ClN2O2/c26-21-8-4-6-19(16-21)17-28-15-5-7-20(18-28)25(29)27-22-11-13-24(14-12-22)30-23-9-2-1-3-10-23/h1-4,6,8-14,16,20H,5,7,15,17-18H2,(H,27,29). The van der Waals surface area contributed by atoms with Crippen LogP contribution in [0.4, 0.5) is 5.69 Å². The highest BCUT2D eigenvalue weighted by Gasteiger charge is 2.26. The van der Waals surface area contributed by atoms with Gasteiger partial charge in [-0.15, -0.1) is 0 Å². The van der Waals surface area contributed by atoms with Crippen molar-refractivity contribution in [3.8, 4) is 11.5 Å². The summed E-state index contributed by atoms with van der Waals surface area (Å²) in [6.07, 6.45) is 1.93. The van der Waals surface area contributed by atoms with E-state index in [2.05, 4.69) is 16.3 Å². The fourth-order valence-corrected chi connectivity index (χ4v) is 3.99. The van der Waals surface area contributed by atoms with Crippen LogP contribution in [0.5, 0.6) is 11.5 Å². The summed E-state index contributed by atoms with van der Waals surface area (Å²) in [5.41, 5.74) is 1.96. The lowest BCUT2D eigenvalue weighted by Crippen LogP contribution is -2.40. The van der Waals surface area contributed by atoms with Gasteiger partial charge in [0.1, 0.15) is 11.5 Å². The molecule has 1 unspecified atom stereocenters. The van der Waals surface area contributed by atoms with E-state index in [0.29, 0.717) is 0 Å². The molecular weight excluding hydrogens is 396 g/mol. The largest absolute Gasteiger partial charge is 0.457 e. The van der Waals surface area contributed by atoms with Gasteiger partial charge in [-0.3, -0.25) is 9.69 Å². The molecule has 30 heavy (non-hydrogen) atoms. The second kappa shape index (κ2) is 9.79. The summed E-state index contributed by atoms with van der Waals surface area (Å²) >= 11 is 6.10. The molecule has 1 aliphatic rings. The van der Waals surface area contributed by atoms with Gasteiger partial charge in [-0.2, -0.15) is 0 Å². The number of likely N-dealkylation sites (tertiary alicyclic amines) is 1. The van der Waals surface area contributed by atoms with Crippen LogP contribution in [-0.4, -0.2) is 23.9 Å². The smallest absolute Gasteiger partial charge is 0.228 e. The molecule has 0 saturated carbocycles. The first-order valence-electron chi connectivity index (χ1n) is 10.3. The number of hydrogen-bond donors (Lipinski definition) is 1. The summed E-state index contributed by atoms with van der Waals surface area (Å²) in [6.45, 7) is 2.57. The van der Waals surface area contributed by atoms with Crippen molar-refractivity contribution in [2.45, 2.75) is 19.4 Å². The molecule has 154 valence electrons. The van der Waals surface area contributed by atoms with E-state index < -0.39 is 0 Å². The summed E-state index contributed by atoms with van der Waals surface area (Å²) in [4.78, 5) is 15.1. The predicted molar refractivity (Wildman–Crippen MR) is 121 cm³/mol. The number of para-hydroxylation sites is 1. The zero-order valence-corrected chi connectivity index (χ0v) is 17.5. The molecule has 0 aromatic heterocycles. The third-order valence-electron chi connectivity index (χ3n) is 5.27. The first kappa shape index (κ1) is 20.5. The number of amides is 1. The Morgan fingerprint density at radius 2 is 1.77 bits per heavy atom. The van der Waals surface area contributed by atoms with Crippen LogP contribution < -0.4 is 10.1 Å². The van der Waals surface area contributed by atoms with E-state index in [-0.39, 0.29) is 11.8 Å². The minimum absolute atomic E-state index is 0.0156. The van der Waals surface area contributed by atoms with Crippen LogP contribution in [0.25, 0.3) is 0 Å². The molecule has 4 nitrogen and oxygen atoms in total. The van der Waals surface area contributed by atoms with Crippen molar-refractivity contribution in [3.05, 3.63) is 89.4 Å². The Bertz CT molecular complexity index is 976. The molecule has 4 rings (SSSR count). The zero-order chi connectivity index (χ0) is 20.8. The number of nitrogens with one attached hydrogen (secondary N) is 1. The lowest BCUT2D eigenvalue weighted by molar-refractivity contribution is -0.121. The molecule has 0 aliphatic carbocycles. The van der Waals surface area contributed by atoms with Gasteiger partial charge in [-0.1, -0.05) is 41.9 Å². The quantitative estimate of drug-likeness (QED) is 0.533. The Hall–Kier alpha value is -2.82. The molecule has 3 aromatic carbocycles. The third-order valence-corrected chi connectivity index (χ3v) is 5.51. The Morgan fingerprint density at radius 1 is 1.00 bits per heavy atom. The van der Waals surface area contributed by atoms with Crippen molar-refractivity contribution in [1.29, 1.82) is 0 Å². The number of carbonyl (C=O) groups is 1. The summed E-state index contributed by atoms with van der Waals surface area (Å²) < 4.78 is 5.80. The maximum Gasteiger partial charge on any atom is 0.228 e. The molecule has 0 radical (unpaired) electrons. The van der Waals surface area contributed by atoms with Gasteiger partial charge in [-0.05, 0) is 73.5 Å². The highest BCUT2D eigenvalue weighted by atomic mass is 35.5. The molecular formula is C25H25ClN2O2. The number of rotatable bonds is 6. The zero-order valence-electron chi connectivity index (χ0n) is 16.8. The second-order valence-corrected chi connectivity index (χ2v) is 8.07. The number of halogens is 1. The van der Waals surface area contributed by atoms with Crippen molar-refractivity contribution in [1.82, 2.24) is 4.90 Å². The first-order valence-corrected chi connectivity index (χ1v) is 10.6. The van der Waals surface area contributed by atoms with E-state index in [0.717, 1.165) is 54.7 Å². The van der Waals surface area contributed by atoms with Gasteiger partial charge in [0.05, 0.1) is 5.92 Å². The van der Waals surface area contributed by atoms with Crippen molar-refractivity contribution >= 4 is 23.2 Å². The van der Waals surface area contributed by atoms with Crippen LogP contribution in [0.2, 0.25) is 5.02 Å². The molecule has 1 saturated heterocycles. The van der Waals surface area contributed by atoms with Gasteiger partial charge >= 0.3 is 0 Å². The Morgan fingerprint density at radius 3 is 2.53 bits per heavy atom. The maximum atomic E-state index is 12.8. The lowest BCUT2D eigenvalue weighted by atomic mass is 9.96. The number of carbonyl (C=O) groups excluding carboxylic acids is 1. The number of piperidine rings is 1. The van der Waals surface area contributed by atoms with E-state index in [1.54, 1.807) is 0 Å². The van der Waals surface area contributed by atoms with E-state index in [4.69, 9.17) is 16.3 Å². The fraction of sp³-hybridized carbons (Fsp3) is 0.240. The molecule has 5 heteroatoms. The summed E-state index contributed by atoms with van der Waals surface area (Å²) in [7, 11) is 0. The Balaban J connectivity index is 1.31. The van der Waals surface area contributed by atoms with Crippen LogP contribution in [0.15, 0.2) is 78.9 Å². The monoisotopic (exact) mass is 420 g/mol. The SMILES string of the molecule is O=C(Nc1ccc(Oc2ccccc2)cc1)C1CCCN(Cc2cccc(Cl)c2)C1. The molecule has 1 heterocycles. The minimum Gasteiger partial charge on any atom is -0.457 e. The Kier molecular flexibility index (Phi) is 6.67. The number of anilines is 1. The molecule has 1 atom stereocenters. The number of benzene rings is 3. The van der Waals surface area contributed by atoms with Crippen LogP contribution in [0.3, 0.4) is 0 Å². The molecule has 0 bridgehead atoms. The van der Waals surface area contributed by atoms with E-state index >= 15 is 0 Å². The number of ether oxygens (including phenoxy) is 1. The first-order chi connectivity index (χ1) is 14.7. The highest BCUT2D eigenvalue weighted by molar-refractivity contribution is 6.30. The van der Waals surface area contributed by atoms with Gasteiger partial charge < -0.3 is 10.1 Å². The van der Waals surface area contributed by atoms with Crippen LogP contribution >= 0.6 is 11.6 Å². The summed E-state index contributed by atoms with van der Waals surface area (Å²) in [6, 6.07) is 25.1. The van der Waals surface area contributed by atoms with Crippen LogP contribution in [0, 0.1) is 5.92 Å². The van der Waals surface area contributed by atoms with Gasteiger partial charge in [0.2, 0.25) is 5.91 Å². The van der Waals surface area contributed by atoms with Gasteiger partial charge in [-0.25, -0.2) is 0 Å².